The van der Waals surface area contributed by atoms with E-state index in [1.807, 2.05) is 0 Å². The van der Waals surface area contributed by atoms with Crippen LogP contribution in [0.15, 0.2) is 0 Å². The van der Waals surface area contributed by atoms with Crippen molar-refractivity contribution in [3.05, 3.63) is 0 Å². The summed E-state index contributed by atoms with van der Waals surface area (Å²) in [6.07, 6.45) is 0. The summed E-state index contributed by atoms with van der Waals surface area (Å²) in [5.74, 6) is 0. The molecule has 1 radical (unpaired) electrons. The summed E-state index contributed by atoms with van der Waals surface area (Å²) < 4.78 is 34.1. The van der Waals surface area contributed by atoms with Crippen molar-refractivity contribution in [3.63, 3.8) is 0 Å². The molecule has 0 aromatic heterocycles. The van der Waals surface area contributed by atoms with Crippen LogP contribution in [0.3, 0.4) is 0 Å². The van der Waals surface area contributed by atoms with Gasteiger partial charge in [-0.1, -0.05) is 20.8 Å². The van der Waals surface area contributed by atoms with E-state index in [2.05, 4.69) is 25.7 Å². The number of rotatable bonds is 3. The quantitative estimate of drug-likeness (QED) is 0.405. The molecule has 0 aliphatic carbocycles. The minimum absolute atomic E-state index is 0. The van der Waals surface area contributed by atoms with Gasteiger partial charge in [0.25, 0.3) is 0 Å². The molecule has 0 saturated carbocycles. The van der Waals surface area contributed by atoms with Crippen LogP contribution in [-0.2, 0) is 27.5 Å². The smallest absolute Gasteiger partial charge is 0.759 e. The minimum atomic E-state index is -5.17. The molecular formula is C6H15CuNO4S. The molecule has 0 bridgehead atoms. The van der Waals surface area contributed by atoms with Crippen LogP contribution in [0.4, 0.5) is 0 Å². The van der Waals surface area contributed by atoms with Crippen molar-refractivity contribution < 1.29 is 34.6 Å². The maximum atomic E-state index is 8.52. The van der Waals surface area contributed by atoms with Gasteiger partial charge in [-0.25, -0.2) is 0 Å². The predicted octanol–water partition coefficient (Wildman–Crippen LogP) is 0.00760. The van der Waals surface area contributed by atoms with E-state index in [9.17, 15) is 0 Å². The molecule has 13 heavy (non-hydrogen) atoms. The van der Waals surface area contributed by atoms with Gasteiger partial charge < -0.3 is 14.0 Å². The molecule has 0 atom stereocenters. The summed E-state index contributed by atoms with van der Waals surface area (Å²) in [5.41, 5.74) is 0. The Bertz CT molecular complexity index is 166. The molecule has 0 amide bonds. The molecule has 0 aromatic rings. The van der Waals surface area contributed by atoms with Crippen LogP contribution >= 0.6 is 0 Å². The zero-order chi connectivity index (χ0) is 10.2. The van der Waals surface area contributed by atoms with E-state index in [-0.39, 0.29) is 17.1 Å². The van der Waals surface area contributed by atoms with Gasteiger partial charge in [0, 0.05) is 10.4 Å². The van der Waals surface area contributed by atoms with Crippen LogP contribution in [0, 0.1) is 0 Å². The van der Waals surface area contributed by atoms with Crippen LogP contribution in [0.25, 0.3) is 0 Å². The zero-order valence-electron chi connectivity index (χ0n) is 7.91. The molecule has 85 valence electrons. The topological polar surface area (TPSA) is 83.5 Å². The third-order valence-corrected chi connectivity index (χ3v) is 1.34. The van der Waals surface area contributed by atoms with Crippen LogP contribution in [0.1, 0.15) is 20.8 Å². The van der Waals surface area contributed by atoms with E-state index in [1.165, 1.54) is 19.6 Å². The van der Waals surface area contributed by atoms with Crippen LogP contribution in [-0.4, -0.2) is 42.1 Å². The number of hydrogen-bond donors (Lipinski definition) is 0. The Morgan fingerprint density at radius 2 is 1.15 bits per heavy atom. The van der Waals surface area contributed by atoms with E-state index in [0.717, 1.165) is 0 Å². The fourth-order valence-corrected chi connectivity index (χ4v) is 0.671. The maximum absolute atomic E-state index is 8.52. The van der Waals surface area contributed by atoms with Gasteiger partial charge in [-0.3, -0.25) is 8.42 Å². The van der Waals surface area contributed by atoms with Gasteiger partial charge in [0.1, 0.15) is 0 Å². The predicted molar refractivity (Wildman–Crippen MR) is 43.9 cm³/mol. The Labute approximate surface area is 90.6 Å². The first-order valence-electron chi connectivity index (χ1n) is 3.74. The SMILES string of the molecule is CCN(CC)CC.O=S(=O)([O-])[O-].[Cu+2]. The average molecular weight is 261 g/mol. The van der Waals surface area contributed by atoms with Gasteiger partial charge in [-0.2, -0.15) is 0 Å². The summed E-state index contributed by atoms with van der Waals surface area (Å²) in [6, 6.07) is 0. The van der Waals surface area contributed by atoms with Crippen molar-refractivity contribution in [2.24, 2.45) is 0 Å². The molecule has 0 heterocycles. The molecule has 0 fully saturated rings. The Hall–Kier alpha value is 0.349. The largest absolute Gasteiger partial charge is 2.00 e. The van der Waals surface area contributed by atoms with E-state index in [1.54, 1.807) is 0 Å². The number of hydrogen-bond acceptors (Lipinski definition) is 5. The molecule has 7 heteroatoms. The normalized spacial score (nSPS) is 10.0. The first-order valence-corrected chi connectivity index (χ1v) is 5.07. The summed E-state index contributed by atoms with van der Waals surface area (Å²) in [6.45, 7) is 10.1. The number of nitrogens with zero attached hydrogens (tertiary/aromatic N) is 1. The van der Waals surface area contributed by atoms with Gasteiger partial charge in [0.2, 0.25) is 0 Å². The molecule has 0 aliphatic rings. The molecule has 0 saturated heterocycles. The fraction of sp³-hybridized carbons (Fsp3) is 1.00. The average Bonchev–Trinajstić information content (AvgIpc) is 1.88. The van der Waals surface area contributed by atoms with Crippen molar-refractivity contribution in [1.29, 1.82) is 0 Å². The van der Waals surface area contributed by atoms with E-state index in [4.69, 9.17) is 17.5 Å². The van der Waals surface area contributed by atoms with Crippen LogP contribution < -0.4 is 0 Å². The summed E-state index contributed by atoms with van der Waals surface area (Å²) >= 11 is 0. The molecule has 0 unspecified atom stereocenters. The van der Waals surface area contributed by atoms with Crippen LogP contribution in [0.2, 0.25) is 0 Å². The molecule has 0 rings (SSSR count). The molecule has 0 aliphatic heterocycles. The van der Waals surface area contributed by atoms with Crippen molar-refractivity contribution in [3.8, 4) is 0 Å². The molecule has 0 spiro atoms. The Morgan fingerprint density at radius 3 is 1.15 bits per heavy atom. The Kier molecular flexibility index (Phi) is 15.3. The second-order valence-electron chi connectivity index (χ2n) is 2.03. The minimum Gasteiger partial charge on any atom is -0.759 e. The molecule has 0 N–H and O–H groups in total. The Morgan fingerprint density at radius 1 is 1.00 bits per heavy atom. The molecule has 5 nitrogen and oxygen atoms in total. The fourth-order valence-electron chi connectivity index (χ4n) is 0.671. The third kappa shape index (κ3) is 32.8. The van der Waals surface area contributed by atoms with Crippen molar-refractivity contribution in [2.75, 3.05) is 19.6 Å². The molecular weight excluding hydrogens is 246 g/mol. The van der Waals surface area contributed by atoms with Crippen molar-refractivity contribution >= 4 is 10.4 Å². The zero-order valence-corrected chi connectivity index (χ0v) is 9.67. The second-order valence-corrected chi connectivity index (χ2v) is 2.84. The standard InChI is InChI=1S/C6H15N.Cu.H2O4S/c1-4-7(5-2)6-3;;1-5(2,3)4/h4-6H2,1-3H3;;(H2,1,2,3,4)/q;+2;/p-2. The van der Waals surface area contributed by atoms with Crippen molar-refractivity contribution in [1.82, 2.24) is 4.90 Å². The Balaban J connectivity index is -0.000000150. The monoisotopic (exact) mass is 260 g/mol. The van der Waals surface area contributed by atoms with Crippen molar-refractivity contribution in [2.45, 2.75) is 20.8 Å². The van der Waals surface area contributed by atoms with Gasteiger partial charge in [-0.15, -0.1) is 0 Å². The first-order chi connectivity index (χ1) is 5.35. The van der Waals surface area contributed by atoms with E-state index >= 15 is 0 Å². The van der Waals surface area contributed by atoms with E-state index < -0.39 is 10.4 Å². The second kappa shape index (κ2) is 10.4. The summed E-state index contributed by atoms with van der Waals surface area (Å²) in [4.78, 5) is 2.38. The third-order valence-electron chi connectivity index (χ3n) is 1.34. The van der Waals surface area contributed by atoms with E-state index in [0.29, 0.717) is 0 Å². The van der Waals surface area contributed by atoms with Gasteiger partial charge in [0.15, 0.2) is 0 Å². The maximum Gasteiger partial charge on any atom is 2.00 e. The van der Waals surface area contributed by atoms with Gasteiger partial charge in [-0.05, 0) is 19.6 Å². The van der Waals surface area contributed by atoms with Gasteiger partial charge >= 0.3 is 17.1 Å². The van der Waals surface area contributed by atoms with Crippen LogP contribution in [0.5, 0.6) is 0 Å². The van der Waals surface area contributed by atoms with Gasteiger partial charge in [0.05, 0.1) is 0 Å². The summed E-state index contributed by atoms with van der Waals surface area (Å²) in [5, 5.41) is 0. The summed E-state index contributed by atoms with van der Waals surface area (Å²) in [7, 11) is -5.17. The first kappa shape index (κ1) is 19.0. The molecule has 0 aromatic carbocycles.